The molecule has 0 unspecified atom stereocenters. The van der Waals surface area contributed by atoms with Crippen LogP contribution in [0.1, 0.15) is 25.0 Å². The lowest BCUT2D eigenvalue weighted by atomic mass is 9.82. The number of fused-ring (bicyclic) bond motifs is 4. The zero-order valence-corrected chi connectivity index (χ0v) is 17.1. The molecule has 0 fully saturated rings. The van der Waals surface area contributed by atoms with E-state index in [0.717, 1.165) is 28.1 Å². The standard InChI is InChI=1S/C28H22N2/c1-28(2)23-13-7-6-12-21(23)22-17-16-20(18-24(22)28)30-26-15-9-8-14-25(26)29-27(30)19-10-4-3-5-11-19/h3-18H,1-2H3. The van der Waals surface area contributed by atoms with Crippen LogP contribution in [-0.4, -0.2) is 9.55 Å². The maximum absolute atomic E-state index is 4.99. The molecule has 0 amide bonds. The lowest BCUT2D eigenvalue weighted by Crippen LogP contribution is -2.15. The molecular weight excluding hydrogens is 364 g/mol. The average molecular weight is 386 g/mol. The first-order valence-corrected chi connectivity index (χ1v) is 10.4. The molecule has 0 saturated carbocycles. The highest BCUT2D eigenvalue weighted by Gasteiger charge is 2.35. The van der Waals surface area contributed by atoms with Crippen LogP contribution in [0.4, 0.5) is 0 Å². The van der Waals surface area contributed by atoms with E-state index in [9.17, 15) is 0 Å². The Balaban J connectivity index is 1.63. The van der Waals surface area contributed by atoms with Crippen molar-refractivity contribution in [2.45, 2.75) is 19.3 Å². The van der Waals surface area contributed by atoms with Crippen molar-refractivity contribution >= 4 is 11.0 Å². The monoisotopic (exact) mass is 386 g/mol. The van der Waals surface area contributed by atoms with Crippen molar-refractivity contribution in [1.82, 2.24) is 9.55 Å². The van der Waals surface area contributed by atoms with Crippen LogP contribution in [0.2, 0.25) is 0 Å². The van der Waals surface area contributed by atoms with E-state index in [2.05, 4.69) is 109 Å². The quantitative estimate of drug-likeness (QED) is 0.319. The second-order valence-electron chi connectivity index (χ2n) is 8.53. The number of para-hydroxylation sites is 2. The molecule has 1 aliphatic carbocycles. The van der Waals surface area contributed by atoms with E-state index in [1.807, 2.05) is 6.07 Å². The van der Waals surface area contributed by atoms with E-state index in [1.165, 1.54) is 22.3 Å². The molecule has 0 spiro atoms. The van der Waals surface area contributed by atoms with Crippen LogP contribution in [0.5, 0.6) is 0 Å². The average Bonchev–Trinajstić information content (AvgIpc) is 3.28. The Kier molecular flexibility index (Phi) is 3.54. The third kappa shape index (κ3) is 2.34. The van der Waals surface area contributed by atoms with Crippen LogP contribution in [0.3, 0.4) is 0 Å². The Morgan fingerprint density at radius 3 is 2.23 bits per heavy atom. The second-order valence-corrected chi connectivity index (χ2v) is 8.53. The highest BCUT2D eigenvalue weighted by Crippen LogP contribution is 2.49. The molecule has 2 heteroatoms. The molecule has 0 bridgehead atoms. The Labute approximate surface area is 176 Å². The normalized spacial score (nSPS) is 13.9. The summed E-state index contributed by atoms with van der Waals surface area (Å²) in [5, 5.41) is 0. The van der Waals surface area contributed by atoms with E-state index in [1.54, 1.807) is 0 Å². The van der Waals surface area contributed by atoms with Gasteiger partial charge in [-0.2, -0.15) is 0 Å². The highest BCUT2D eigenvalue weighted by molar-refractivity contribution is 5.85. The number of rotatable bonds is 2. The molecule has 4 aromatic carbocycles. The lowest BCUT2D eigenvalue weighted by molar-refractivity contribution is 0.660. The minimum Gasteiger partial charge on any atom is -0.292 e. The fourth-order valence-corrected chi connectivity index (χ4v) is 4.90. The number of nitrogens with zero attached hydrogens (tertiary/aromatic N) is 2. The summed E-state index contributed by atoms with van der Waals surface area (Å²) in [6.07, 6.45) is 0. The van der Waals surface area contributed by atoms with Crippen molar-refractivity contribution in [2.24, 2.45) is 0 Å². The van der Waals surface area contributed by atoms with E-state index in [4.69, 9.17) is 4.98 Å². The second kappa shape index (κ2) is 6.17. The van der Waals surface area contributed by atoms with E-state index in [-0.39, 0.29) is 5.41 Å². The molecule has 0 N–H and O–H groups in total. The summed E-state index contributed by atoms with van der Waals surface area (Å²) in [5.41, 5.74) is 9.86. The fourth-order valence-electron chi connectivity index (χ4n) is 4.90. The summed E-state index contributed by atoms with van der Waals surface area (Å²) >= 11 is 0. The number of hydrogen-bond acceptors (Lipinski definition) is 1. The summed E-state index contributed by atoms with van der Waals surface area (Å²) in [6.45, 7) is 4.65. The van der Waals surface area contributed by atoms with Gasteiger partial charge in [0.1, 0.15) is 5.82 Å². The Hall–Kier alpha value is -3.65. The summed E-state index contributed by atoms with van der Waals surface area (Å²) in [5.74, 6) is 0.977. The van der Waals surface area contributed by atoms with Gasteiger partial charge in [0.25, 0.3) is 0 Å². The van der Waals surface area contributed by atoms with Crippen molar-refractivity contribution in [3.63, 3.8) is 0 Å². The molecule has 1 aromatic heterocycles. The zero-order valence-electron chi connectivity index (χ0n) is 17.1. The molecular formula is C28H22N2. The fraction of sp³-hybridized carbons (Fsp3) is 0.107. The molecule has 30 heavy (non-hydrogen) atoms. The van der Waals surface area contributed by atoms with Gasteiger partial charge in [-0.25, -0.2) is 4.98 Å². The number of aromatic nitrogens is 2. The molecule has 144 valence electrons. The molecule has 1 heterocycles. The summed E-state index contributed by atoms with van der Waals surface area (Å²) < 4.78 is 2.30. The molecule has 0 radical (unpaired) electrons. The van der Waals surface area contributed by atoms with Gasteiger partial charge in [0, 0.05) is 16.7 Å². The Morgan fingerprint density at radius 1 is 0.667 bits per heavy atom. The predicted octanol–water partition coefficient (Wildman–Crippen LogP) is 7.00. The van der Waals surface area contributed by atoms with Crippen LogP contribution in [-0.2, 0) is 5.41 Å². The van der Waals surface area contributed by atoms with E-state index in [0.29, 0.717) is 0 Å². The van der Waals surface area contributed by atoms with Gasteiger partial charge in [-0.1, -0.05) is 86.6 Å². The number of imidazole rings is 1. The van der Waals surface area contributed by atoms with Gasteiger partial charge in [0.05, 0.1) is 11.0 Å². The van der Waals surface area contributed by atoms with Gasteiger partial charge in [0.2, 0.25) is 0 Å². The SMILES string of the molecule is CC1(C)c2ccccc2-c2ccc(-n3c(-c4ccccc4)nc4ccccc43)cc21. The largest absolute Gasteiger partial charge is 0.292 e. The molecule has 6 rings (SSSR count). The topological polar surface area (TPSA) is 17.8 Å². The van der Waals surface area contributed by atoms with Crippen LogP contribution in [0.25, 0.3) is 39.2 Å². The predicted molar refractivity (Wildman–Crippen MR) is 124 cm³/mol. The molecule has 5 aromatic rings. The summed E-state index contributed by atoms with van der Waals surface area (Å²) in [4.78, 5) is 4.99. The maximum Gasteiger partial charge on any atom is 0.145 e. The van der Waals surface area contributed by atoms with Crippen molar-refractivity contribution < 1.29 is 0 Å². The van der Waals surface area contributed by atoms with Gasteiger partial charge in [0.15, 0.2) is 0 Å². The molecule has 0 aliphatic heterocycles. The van der Waals surface area contributed by atoms with E-state index < -0.39 is 0 Å². The van der Waals surface area contributed by atoms with Crippen molar-refractivity contribution in [3.8, 4) is 28.2 Å². The summed E-state index contributed by atoms with van der Waals surface area (Å²) in [6, 6.07) is 34.5. The Morgan fingerprint density at radius 2 is 1.37 bits per heavy atom. The third-order valence-electron chi connectivity index (χ3n) is 6.42. The van der Waals surface area contributed by atoms with Gasteiger partial charge in [-0.15, -0.1) is 0 Å². The third-order valence-corrected chi connectivity index (χ3v) is 6.42. The molecule has 1 aliphatic rings. The zero-order chi connectivity index (χ0) is 20.3. The van der Waals surface area contributed by atoms with Crippen LogP contribution >= 0.6 is 0 Å². The van der Waals surface area contributed by atoms with Gasteiger partial charge >= 0.3 is 0 Å². The summed E-state index contributed by atoms with van der Waals surface area (Å²) in [7, 11) is 0. The Bertz CT molecular complexity index is 1410. The van der Waals surface area contributed by atoms with Crippen LogP contribution in [0.15, 0.2) is 97.1 Å². The lowest BCUT2D eigenvalue weighted by Gasteiger charge is -2.22. The van der Waals surface area contributed by atoms with Crippen molar-refractivity contribution in [1.29, 1.82) is 0 Å². The van der Waals surface area contributed by atoms with Crippen molar-refractivity contribution in [2.75, 3.05) is 0 Å². The van der Waals surface area contributed by atoms with Crippen molar-refractivity contribution in [3.05, 3.63) is 108 Å². The van der Waals surface area contributed by atoms with Crippen LogP contribution in [0, 0.1) is 0 Å². The molecule has 0 saturated heterocycles. The number of benzene rings is 4. The van der Waals surface area contributed by atoms with Gasteiger partial charge in [-0.05, 0) is 46.5 Å². The highest BCUT2D eigenvalue weighted by atomic mass is 15.1. The maximum atomic E-state index is 4.99. The first kappa shape index (κ1) is 17.2. The number of hydrogen-bond donors (Lipinski definition) is 0. The first-order valence-electron chi connectivity index (χ1n) is 10.4. The molecule has 0 atom stereocenters. The molecule has 2 nitrogen and oxygen atoms in total. The first-order chi connectivity index (χ1) is 14.6. The van der Waals surface area contributed by atoms with Gasteiger partial charge in [-0.3, -0.25) is 4.57 Å². The minimum absolute atomic E-state index is 0.0226. The smallest absolute Gasteiger partial charge is 0.145 e. The van der Waals surface area contributed by atoms with Gasteiger partial charge < -0.3 is 0 Å². The van der Waals surface area contributed by atoms with E-state index >= 15 is 0 Å². The minimum atomic E-state index is -0.0226. The van der Waals surface area contributed by atoms with Crippen LogP contribution < -0.4 is 0 Å².